The number of anilines is 1. The highest BCUT2D eigenvalue weighted by molar-refractivity contribution is 9.10. The summed E-state index contributed by atoms with van der Waals surface area (Å²) in [5.74, 6) is -1.33. The maximum atomic E-state index is 13.9. The van der Waals surface area contributed by atoms with Gasteiger partial charge in [-0.3, -0.25) is 0 Å². The first-order valence-electron chi connectivity index (χ1n) is 11.8. The fourth-order valence-electron chi connectivity index (χ4n) is 4.23. The smallest absolute Gasteiger partial charge is 0.407 e. The number of carbonyl (C=O) groups excluding carboxylic acids is 1. The summed E-state index contributed by atoms with van der Waals surface area (Å²) >= 11 is 9.63. The standard InChI is InChI=1S/C25H29BrClFN6O3/c1-25(2,3)37-24(36)32-15-6-4-14(5-7-15)31-22-16(11-30-34-12-13(26)8-20(22)34)23(29)33-19-10-18(28)21(35)9-17(19)27/h8-12,14-15,31,35H,4-7H2,1-3H3,(H2,29,33)(H,32,36)/t14-,15-. The molecule has 3 aromatic rings. The van der Waals surface area contributed by atoms with Gasteiger partial charge in [-0.1, -0.05) is 11.6 Å². The predicted octanol–water partition coefficient (Wildman–Crippen LogP) is 5.88. The number of alkyl carbamates (subject to hydrolysis) is 1. The highest BCUT2D eigenvalue weighted by Crippen LogP contribution is 2.33. The topological polar surface area (TPSA) is 126 Å². The van der Waals surface area contributed by atoms with E-state index in [9.17, 15) is 14.3 Å². The number of aromatic hydroxyl groups is 1. The van der Waals surface area contributed by atoms with Crippen molar-refractivity contribution >= 4 is 56.4 Å². The Bertz CT molecular complexity index is 1350. The van der Waals surface area contributed by atoms with Crippen LogP contribution >= 0.6 is 27.5 Å². The Morgan fingerprint density at radius 3 is 2.62 bits per heavy atom. The lowest BCUT2D eigenvalue weighted by atomic mass is 9.91. The molecule has 1 saturated carbocycles. The SMILES string of the molecule is CC(C)(C)OC(=O)N[C@H]1CC[C@H](Nc2c(C(N)=Nc3cc(F)c(O)cc3Cl)cnn3cc(Br)cc23)CC1. The van der Waals surface area contributed by atoms with Crippen molar-refractivity contribution in [2.24, 2.45) is 10.7 Å². The van der Waals surface area contributed by atoms with Crippen LogP contribution < -0.4 is 16.4 Å². The van der Waals surface area contributed by atoms with Crippen LogP contribution in [0.4, 0.5) is 20.6 Å². The molecule has 5 N–H and O–H groups in total. The Balaban J connectivity index is 1.56. The fraction of sp³-hybridized carbons (Fsp3) is 0.400. The number of nitrogens with two attached hydrogens (primary N) is 1. The zero-order chi connectivity index (χ0) is 26.9. The van der Waals surface area contributed by atoms with E-state index in [1.54, 1.807) is 10.7 Å². The zero-order valence-electron chi connectivity index (χ0n) is 20.7. The van der Waals surface area contributed by atoms with Gasteiger partial charge in [0.25, 0.3) is 0 Å². The molecule has 198 valence electrons. The third-order valence-corrected chi connectivity index (χ3v) is 6.67. The first-order chi connectivity index (χ1) is 17.4. The van der Waals surface area contributed by atoms with E-state index in [1.165, 1.54) is 0 Å². The van der Waals surface area contributed by atoms with E-state index < -0.39 is 23.3 Å². The van der Waals surface area contributed by atoms with E-state index in [1.807, 2.05) is 33.0 Å². The number of hydrogen-bond donors (Lipinski definition) is 4. The van der Waals surface area contributed by atoms with Crippen molar-refractivity contribution in [2.45, 2.75) is 64.1 Å². The molecule has 0 spiro atoms. The van der Waals surface area contributed by atoms with Gasteiger partial charge in [-0.05, 0) is 68.5 Å². The number of nitrogens with zero attached hydrogens (tertiary/aromatic N) is 3. The summed E-state index contributed by atoms with van der Waals surface area (Å²) in [5.41, 5.74) is 7.93. The number of aromatic nitrogens is 2. The number of phenols is 1. The van der Waals surface area contributed by atoms with Gasteiger partial charge in [-0.15, -0.1) is 0 Å². The van der Waals surface area contributed by atoms with Crippen LogP contribution in [0.2, 0.25) is 5.02 Å². The van der Waals surface area contributed by atoms with E-state index in [0.29, 0.717) is 5.56 Å². The molecular weight excluding hydrogens is 567 g/mol. The molecule has 9 nitrogen and oxygen atoms in total. The molecular formula is C25H29BrClFN6O3. The van der Waals surface area contributed by atoms with Gasteiger partial charge in [-0.25, -0.2) is 18.7 Å². The number of phenolic OH excluding ortho intramolecular Hbond substituents is 1. The molecule has 1 aliphatic rings. The van der Waals surface area contributed by atoms with Gasteiger partial charge < -0.3 is 26.2 Å². The van der Waals surface area contributed by atoms with Crippen LogP contribution in [0.15, 0.2) is 40.1 Å². The quantitative estimate of drug-likeness (QED) is 0.216. The molecule has 0 unspecified atom stereocenters. The zero-order valence-corrected chi connectivity index (χ0v) is 23.0. The Labute approximate surface area is 227 Å². The molecule has 0 atom stereocenters. The molecule has 4 rings (SSSR count). The van der Waals surface area contributed by atoms with Crippen LogP contribution in [0.5, 0.6) is 5.75 Å². The highest BCUT2D eigenvalue weighted by atomic mass is 79.9. The first-order valence-corrected chi connectivity index (χ1v) is 13.0. The Morgan fingerprint density at radius 2 is 1.95 bits per heavy atom. The van der Waals surface area contributed by atoms with Crippen molar-refractivity contribution in [3.63, 3.8) is 0 Å². The number of hydrogen-bond acceptors (Lipinski definition) is 6. The number of rotatable bonds is 5. The number of halogens is 3. The number of ether oxygens (including phenoxy) is 1. The lowest BCUT2D eigenvalue weighted by Gasteiger charge is -2.31. The van der Waals surface area contributed by atoms with E-state index in [0.717, 1.165) is 53.5 Å². The molecule has 1 amide bonds. The summed E-state index contributed by atoms with van der Waals surface area (Å²) < 4.78 is 21.8. The van der Waals surface area contributed by atoms with Gasteiger partial charge in [0.1, 0.15) is 11.4 Å². The average molecular weight is 596 g/mol. The van der Waals surface area contributed by atoms with Gasteiger partial charge in [0.2, 0.25) is 0 Å². The maximum absolute atomic E-state index is 13.9. The molecule has 0 aliphatic heterocycles. The third kappa shape index (κ3) is 6.64. The molecule has 2 heterocycles. The monoisotopic (exact) mass is 594 g/mol. The van der Waals surface area contributed by atoms with E-state index in [2.05, 4.69) is 36.7 Å². The summed E-state index contributed by atoms with van der Waals surface area (Å²) in [6.45, 7) is 5.50. The number of amidine groups is 1. The van der Waals surface area contributed by atoms with Crippen LogP contribution in [0.1, 0.15) is 52.0 Å². The van der Waals surface area contributed by atoms with Crippen LogP contribution in [-0.2, 0) is 4.74 Å². The number of benzene rings is 1. The van der Waals surface area contributed by atoms with Crippen molar-refractivity contribution in [2.75, 3.05) is 5.32 Å². The number of aliphatic imine (C=N–C) groups is 1. The van der Waals surface area contributed by atoms with Gasteiger partial charge in [0.05, 0.1) is 33.7 Å². The summed E-state index contributed by atoms with van der Waals surface area (Å²) in [5, 5.41) is 20.6. The van der Waals surface area contributed by atoms with Crippen LogP contribution in [0, 0.1) is 5.82 Å². The molecule has 37 heavy (non-hydrogen) atoms. The van der Waals surface area contributed by atoms with Crippen molar-refractivity contribution < 1.29 is 19.0 Å². The second-order valence-corrected chi connectivity index (χ2v) is 11.3. The molecule has 1 aromatic carbocycles. The summed E-state index contributed by atoms with van der Waals surface area (Å²) in [4.78, 5) is 16.5. The molecule has 2 aromatic heterocycles. The number of nitrogens with one attached hydrogen (secondary N) is 2. The normalized spacial score (nSPS) is 18.6. The molecule has 12 heteroatoms. The minimum Gasteiger partial charge on any atom is -0.505 e. The average Bonchev–Trinajstić information content (AvgIpc) is 3.18. The lowest BCUT2D eigenvalue weighted by molar-refractivity contribution is 0.0492. The minimum atomic E-state index is -0.852. The Hall–Kier alpha value is -3.05. The van der Waals surface area contributed by atoms with E-state index >= 15 is 0 Å². The molecule has 0 radical (unpaired) electrons. The van der Waals surface area contributed by atoms with Crippen molar-refractivity contribution in [1.29, 1.82) is 0 Å². The van der Waals surface area contributed by atoms with Crippen LogP contribution in [0.25, 0.3) is 5.52 Å². The van der Waals surface area contributed by atoms with Crippen LogP contribution in [0.3, 0.4) is 0 Å². The predicted molar refractivity (Wildman–Crippen MR) is 145 cm³/mol. The second kappa shape index (κ2) is 10.7. The largest absolute Gasteiger partial charge is 0.505 e. The third-order valence-electron chi connectivity index (χ3n) is 5.93. The van der Waals surface area contributed by atoms with E-state index in [-0.39, 0.29) is 28.6 Å². The second-order valence-electron chi connectivity index (χ2n) is 10.0. The maximum Gasteiger partial charge on any atom is 0.407 e. The number of fused-ring (bicyclic) bond motifs is 1. The Kier molecular flexibility index (Phi) is 7.84. The molecule has 0 saturated heterocycles. The fourth-order valence-corrected chi connectivity index (χ4v) is 4.84. The summed E-state index contributed by atoms with van der Waals surface area (Å²) in [6.07, 6.45) is 6.18. The molecule has 0 bridgehead atoms. The summed E-state index contributed by atoms with van der Waals surface area (Å²) in [7, 11) is 0. The van der Waals surface area contributed by atoms with Gasteiger partial charge in [0.15, 0.2) is 11.6 Å². The van der Waals surface area contributed by atoms with Crippen molar-refractivity contribution in [1.82, 2.24) is 14.9 Å². The highest BCUT2D eigenvalue weighted by Gasteiger charge is 2.26. The van der Waals surface area contributed by atoms with Crippen molar-refractivity contribution in [3.8, 4) is 5.75 Å². The number of amides is 1. The first kappa shape index (κ1) is 27.0. The number of carbonyl (C=O) groups is 1. The van der Waals surface area contributed by atoms with Gasteiger partial charge in [0, 0.05) is 34.9 Å². The van der Waals surface area contributed by atoms with Crippen molar-refractivity contribution in [3.05, 3.63) is 51.5 Å². The van der Waals surface area contributed by atoms with Gasteiger partial charge >= 0.3 is 6.09 Å². The lowest BCUT2D eigenvalue weighted by Crippen LogP contribution is -2.42. The Morgan fingerprint density at radius 1 is 1.27 bits per heavy atom. The van der Waals surface area contributed by atoms with Crippen LogP contribution in [-0.4, -0.2) is 44.3 Å². The summed E-state index contributed by atoms with van der Waals surface area (Å²) in [6, 6.07) is 4.16. The van der Waals surface area contributed by atoms with E-state index in [4.69, 9.17) is 22.1 Å². The molecule has 1 fully saturated rings. The minimum absolute atomic E-state index is 0.0328. The molecule has 1 aliphatic carbocycles. The van der Waals surface area contributed by atoms with Gasteiger partial charge in [-0.2, -0.15) is 5.10 Å².